The molecule has 1 amide bonds. The second-order valence-electron chi connectivity index (χ2n) is 6.96. The van der Waals surface area contributed by atoms with Crippen LogP contribution in [0.15, 0.2) is 42.5 Å². The first kappa shape index (κ1) is 21.5. The molecule has 0 aliphatic heterocycles. The van der Waals surface area contributed by atoms with Crippen molar-refractivity contribution in [2.24, 2.45) is 0 Å². The number of hydrogen-bond donors (Lipinski definition) is 1. The van der Waals surface area contributed by atoms with E-state index in [-0.39, 0.29) is 23.8 Å². The highest BCUT2D eigenvalue weighted by atomic mass is 19.3. The molecule has 1 heterocycles. The minimum Gasteiger partial charge on any atom is -0.493 e. The van der Waals surface area contributed by atoms with Gasteiger partial charge in [-0.15, -0.1) is 0 Å². The Morgan fingerprint density at radius 2 is 1.90 bits per heavy atom. The summed E-state index contributed by atoms with van der Waals surface area (Å²) in [5, 5.41) is 3.92. The van der Waals surface area contributed by atoms with Gasteiger partial charge in [-0.25, -0.2) is 0 Å². The molecule has 0 saturated carbocycles. The lowest BCUT2D eigenvalue weighted by atomic mass is 9.99. The number of benzene rings is 2. The number of carbonyl (C=O) groups is 1. The maximum atomic E-state index is 12.6. The Labute approximate surface area is 174 Å². The number of methoxy groups -OCH3 is 1. The largest absolute Gasteiger partial charge is 0.493 e. The molecular weight excluding hydrogens is 390 g/mol. The summed E-state index contributed by atoms with van der Waals surface area (Å²) in [7, 11) is 1.39. The summed E-state index contributed by atoms with van der Waals surface area (Å²) in [5.74, 6) is 0.0958. The lowest BCUT2D eigenvalue weighted by molar-refractivity contribution is -0.120. The van der Waals surface area contributed by atoms with Gasteiger partial charge in [0.2, 0.25) is 5.91 Å². The number of nitrogens with zero attached hydrogens (tertiary/aromatic N) is 1. The Morgan fingerprint density at radius 1 is 1.13 bits per heavy atom. The van der Waals surface area contributed by atoms with E-state index in [1.165, 1.54) is 13.2 Å². The van der Waals surface area contributed by atoms with Crippen LogP contribution in [0.5, 0.6) is 11.5 Å². The molecule has 0 fully saturated rings. The Bertz CT molecular complexity index is 1050. The number of ether oxygens (including phenoxy) is 2. The fourth-order valence-corrected chi connectivity index (χ4v) is 3.46. The number of aryl methyl sites for hydroxylation is 2. The van der Waals surface area contributed by atoms with Crippen molar-refractivity contribution >= 4 is 16.8 Å². The first-order valence-electron chi connectivity index (χ1n) is 9.62. The molecule has 0 atom stereocenters. The lowest BCUT2D eigenvalue weighted by Crippen LogP contribution is -2.28. The van der Waals surface area contributed by atoms with E-state index >= 15 is 0 Å². The van der Waals surface area contributed by atoms with Gasteiger partial charge in [0, 0.05) is 17.6 Å². The van der Waals surface area contributed by atoms with Gasteiger partial charge in [-0.2, -0.15) is 8.78 Å². The van der Waals surface area contributed by atoms with Crippen LogP contribution >= 0.6 is 0 Å². The summed E-state index contributed by atoms with van der Waals surface area (Å²) in [6.07, 6.45) is 0.709. The van der Waals surface area contributed by atoms with Gasteiger partial charge in [0.1, 0.15) is 0 Å². The monoisotopic (exact) mass is 414 g/mol. The Morgan fingerprint density at radius 3 is 2.63 bits per heavy atom. The molecule has 0 aliphatic carbocycles. The Hall–Kier alpha value is -3.22. The van der Waals surface area contributed by atoms with Crippen LogP contribution in [-0.4, -0.2) is 31.2 Å². The average molecular weight is 414 g/mol. The van der Waals surface area contributed by atoms with Crippen molar-refractivity contribution in [2.75, 3.05) is 13.7 Å². The molecule has 0 radical (unpaired) electrons. The number of para-hydroxylation sites is 1. The number of rotatable bonds is 8. The predicted octanol–water partition coefficient (Wildman–Crippen LogP) is 4.36. The number of hydrogen-bond acceptors (Lipinski definition) is 4. The first-order valence-corrected chi connectivity index (χ1v) is 9.62. The smallest absolute Gasteiger partial charge is 0.387 e. The molecule has 30 heavy (non-hydrogen) atoms. The van der Waals surface area contributed by atoms with Crippen LogP contribution in [0.4, 0.5) is 8.78 Å². The molecule has 5 nitrogen and oxygen atoms in total. The Balaban J connectivity index is 1.62. The highest BCUT2D eigenvalue weighted by molar-refractivity contribution is 5.86. The van der Waals surface area contributed by atoms with E-state index in [1.54, 1.807) is 12.1 Å². The van der Waals surface area contributed by atoms with Gasteiger partial charge in [0.05, 0.1) is 19.0 Å². The van der Waals surface area contributed by atoms with Gasteiger partial charge in [-0.05, 0) is 55.2 Å². The van der Waals surface area contributed by atoms with E-state index in [9.17, 15) is 13.6 Å². The number of carbonyl (C=O) groups excluding carboxylic acids is 1. The molecule has 0 saturated heterocycles. The van der Waals surface area contributed by atoms with Crippen molar-refractivity contribution in [2.45, 2.75) is 33.3 Å². The Kier molecular flexibility index (Phi) is 6.82. The maximum absolute atomic E-state index is 12.6. The van der Waals surface area contributed by atoms with E-state index in [1.807, 2.05) is 38.1 Å². The summed E-state index contributed by atoms with van der Waals surface area (Å²) < 4.78 is 34.6. The second kappa shape index (κ2) is 9.52. The van der Waals surface area contributed by atoms with Crippen molar-refractivity contribution < 1.29 is 23.0 Å². The fourth-order valence-electron chi connectivity index (χ4n) is 3.46. The molecule has 0 aliphatic rings. The molecule has 1 aromatic heterocycles. The van der Waals surface area contributed by atoms with Gasteiger partial charge in [0.25, 0.3) is 0 Å². The maximum Gasteiger partial charge on any atom is 0.387 e. The third kappa shape index (κ3) is 5.03. The molecule has 0 spiro atoms. The summed E-state index contributed by atoms with van der Waals surface area (Å²) in [4.78, 5) is 17.1. The molecule has 1 N–H and O–H groups in total. The van der Waals surface area contributed by atoms with Gasteiger partial charge in [-0.1, -0.05) is 24.3 Å². The average Bonchev–Trinajstić information content (AvgIpc) is 2.71. The van der Waals surface area contributed by atoms with E-state index < -0.39 is 6.61 Å². The normalized spacial score (nSPS) is 11.0. The van der Waals surface area contributed by atoms with Crippen molar-refractivity contribution in [3.63, 3.8) is 0 Å². The first-order chi connectivity index (χ1) is 14.4. The molecule has 0 bridgehead atoms. The lowest BCUT2D eigenvalue weighted by Gasteiger charge is -2.13. The zero-order valence-electron chi connectivity index (χ0n) is 17.2. The van der Waals surface area contributed by atoms with Crippen LogP contribution in [0.3, 0.4) is 0 Å². The van der Waals surface area contributed by atoms with Gasteiger partial charge in [0.15, 0.2) is 11.5 Å². The van der Waals surface area contributed by atoms with Crippen LogP contribution in [0.2, 0.25) is 0 Å². The number of nitrogens with one attached hydrogen (secondary N) is 1. The predicted molar refractivity (Wildman–Crippen MR) is 111 cm³/mol. The number of fused-ring (bicyclic) bond motifs is 1. The van der Waals surface area contributed by atoms with E-state index in [2.05, 4.69) is 15.0 Å². The summed E-state index contributed by atoms with van der Waals surface area (Å²) in [6, 6.07) is 12.7. The molecule has 3 rings (SSSR count). The highest BCUT2D eigenvalue weighted by Gasteiger charge is 2.14. The van der Waals surface area contributed by atoms with Gasteiger partial charge >= 0.3 is 6.61 Å². The van der Waals surface area contributed by atoms with Crippen molar-refractivity contribution in [1.29, 1.82) is 0 Å². The number of pyridine rings is 1. The number of halogens is 2. The third-order valence-electron chi connectivity index (χ3n) is 5.00. The summed E-state index contributed by atoms with van der Waals surface area (Å²) in [6.45, 7) is 1.35. The van der Waals surface area contributed by atoms with E-state index in [0.717, 1.165) is 33.3 Å². The molecule has 0 unspecified atom stereocenters. The van der Waals surface area contributed by atoms with Crippen molar-refractivity contribution in [3.05, 3.63) is 64.8 Å². The minimum absolute atomic E-state index is 0.0233. The van der Waals surface area contributed by atoms with Gasteiger partial charge < -0.3 is 14.8 Å². The highest BCUT2D eigenvalue weighted by Crippen LogP contribution is 2.29. The summed E-state index contributed by atoms with van der Waals surface area (Å²) >= 11 is 0. The van der Waals surface area contributed by atoms with Crippen molar-refractivity contribution in [3.8, 4) is 11.5 Å². The molecule has 158 valence electrons. The fraction of sp³-hybridized carbons (Fsp3) is 0.304. The van der Waals surface area contributed by atoms with Crippen LogP contribution < -0.4 is 14.8 Å². The van der Waals surface area contributed by atoms with Crippen LogP contribution in [-0.2, 0) is 17.6 Å². The summed E-state index contributed by atoms with van der Waals surface area (Å²) in [5.41, 5.74) is 4.48. The van der Waals surface area contributed by atoms with Gasteiger partial charge in [-0.3, -0.25) is 9.78 Å². The molecule has 7 heteroatoms. The second-order valence-corrected chi connectivity index (χ2v) is 6.96. The number of amides is 1. The van der Waals surface area contributed by atoms with Crippen LogP contribution in [0.1, 0.15) is 22.4 Å². The number of aromatic nitrogens is 1. The quantitative estimate of drug-likeness (QED) is 0.595. The zero-order valence-corrected chi connectivity index (χ0v) is 17.2. The molecule has 3 aromatic rings. The van der Waals surface area contributed by atoms with E-state index in [4.69, 9.17) is 4.74 Å². The van der Waals surface area contributed by atoms with Crippen LogP contribution in [0, 0.1) is 13.8 Å². The molecular formula is C23H24F2N2O3. The van der Waals surface area contributed by atoms with Crippen LogP contribution in [0.25, 0.3) is 10.9 Å². The van der Waals surface area contributed by atoms with E-state index in [0.29, 0.717) is 13.0 Å². The SMILES string of the molecule is COc1ccc(CCNC(=O)Cc2c(C)nc3ccccc3c2C)cc1OC(F)F. The van der Waals surface area contributed by atoms with Crippen molar-refractivity contribution in [1.82, 2.24) is 10.3 Å². The zero-order chi connectivity index (χ0) is 21.7. The number of alkyl halides is 2. The third-order valence-corrected chi connectivity index (χ3v) is 5.00. The standard InChI is InChI=1S/C23H24F2N2O3/c1-14-17-6-4-5-7-19(17)27-15(2)18(14)13-22(28)26-11-10-16-8-9-20(29-3)21(12-16)30-23(24)25/h4-9,12,23H,10-11,13H2,1-3H3,(H,26,28). The topological polar surface area (TPSA) is 60.5 Å². The molecule has 2 aromatic carbocycles. The minimum atomic E-state index is -2.93.